The molecule has 0 aliphatic carbocycles. The van der Waals surface area contributed by atoms with E-state index in [1.54, 1.807) is 4.68 Å². The normalized spacial score (nSPS) is 18.3. The Balaban J connectivity index is 1.73. The maximum atomic E-state index is 11.7. The van der Waals surface area contributed by atoms with Gasteiger partial charge < -0.3 is 9.64 Å². The largest absolute Gasteiger partial charge is 0.469 e. The molecule has 0 bridgehead atoms. The number of nitrogens with zero attached hydrogens (tertiary/aromatic N) is 5. The second kappa shape index (κ2) is 6.13. The predicted octanol–water partition coefficient (Wildman–Crippen LogP) is 1.36. The average Bonchev–Trinajstić information content (AvgIpc) is 3.01. The number of methoxy groups -OCH3 is 1. The van der Waals surface area contributed by atoms with Gasteiger partial charge in [-0.3, -0.25) is 4.79 Å². The van der Waals surface area contributed by atoms with Crippen LogP contribution in [-0.4, -0.2) is 46.1 Å². The highest BCUT2D eigenvalue weighted by atomic mass is 16.5. The van der Waals surface area contributed by atoms with Crippen LogP contribution < -0.4 is 4.90 Å². The number of hydrogen-bond donors (Lipinski definition) is 0. The van der Waals surface area contributed by atoms with Crippen molar-refractivity contribution in [2.45, 2.75) is 19.8 Å². The van der Waals surface area contributed by atoms with Crippen molar-refractivity contribution in [3.8, 4) is 5.82 Å². The molecule has 7 nitrogen and oxygen atoms in total. The van der Waals surface area contributed by atoms with E-state index in [-0.39, 0.29) is 11.9 Å². The van der Waals surface area contributed by atoms with Crippen molar-refractivity contribution >= 4 is 11.8 Å². The Hall–Kier alpha value is -2.44. The Morgan fingerprint density at radius 3 is 2.68 bits per heavy atom. The number of carbonyl (C=O) groups is 1. The standard InChI is InChI=1S/C15H19N5O2/c1-11-7-9-20(18-11)14-6-5-13(16-17-14)19-8-3-4-12(10-19)15(21)22-2/h5-7,9,12H,3-4,8,10H2,1-2H3/t12-/m1/s1. The Bertz CT molecular complexity index is 652. The minimum Gasteiger partial charge on any atom is -0.469 e. The zero-order valence-corrected chi connectivity index (χ0v) is 12.8. The quantitative estimate of drug-likeness (QED) is 0.797. The lowest BCUT2D eigenvalue weighted by Crippen LogP contribution is -2.39. The number of aryl methyl sites for hydroxylation is 1. The van der Waals surface area contributed by atoms with E-state index in [4.69, 9.17) is 4.74 Å². The van der Waals surface area contributed by atoms with Crippen molar-refractivity contribution in [3.63, 3.8) is 0 Å². The SMILES string of the molecule is COC(=O)[C@@H]1CCCN(c2ccc(-n3ccc(C)n3)nn2)C1. The minimum absolute atomic E-state index is 0.0889. The lowest BCUT2D eigenvalue weighted by Gasteiger charge is -2.31. The summed E-state index contributed by atoms with van der Waals surface area (Å²) < 4.78 is 6.53. The van der Waals surface area contributed by atoms with E-state index in [2.05, 4.69) is 20.2 Å². The summed E-state index contributed by atoms with van der Waals surface area (Å²) in [5, 5.41) is 12.8. The van der Waals surface area contributed by atoms with Crippen LogP contribution in [0.4, 0.5) is 5.82 Å². The lowest BCUT2D eigenvalue weighted by molar-refractivity contribution is -0.145. The Morgan fingerprint density at radius 1 is 1.27 bits per heavy atom. The molecule has 1 aliphatic heterocycles. The number of anilines is 1. The van der Waals surface area contributed by atoms with Crippen LogP contribution in [0.3, 0.4) is 0 Å². The first-order valence-electron chi connectivity index (χ1n) is 7.36. The van der Waals surface area contributed by atoms with Crippen LogP contribution in [-0.2, 0) is 9.53 Å². The molecule has 2 aromatic rings. The van der Waals surface area contributed by atoms with Gasteiger partial charge in [0.05, 0.1) is 18.7 Å². The van der Waals surface area contributed by atoms with Gasteiger partial charge >= 0.3 is 5.97 Å². The van der Waals surface area contributed by atoms with Gasteiger partial charge in [-0.1, -0.05) is 0 Å². The Labute approximate surface area is 128 Å². The number of ether oxygens (including phenoxy) is 1. The third kappa shape index (κ3) is 2.93. The summed E-state index contributed by atoms with van der Waals surface area (Å²) in [7, 11) is 1.43. The molecule has 7 heteroatoms. The van der Waals surface area contributed by atoms with Gasteiger partial charge in [0.25, 0.3) is 0 Å². The number of esters is 1. The molecule has 0 amide bonds. The van der Waals surface area contributed by atoms with Gasteiger partial charge in [0.15, 0.2) is 11.6 Å². The molecule has 116 valence electrons. The van der Waals surface area contributed by atoms with Crippen LogP contribution in [0.1, 0.15) is 18.5 Å². The van der Waals surface area contributed by atoms with Gasteiger partial charge in [-0.25, -0.2) is 4.68 Å². The van der Waals surface area contributed by atoms with E-state index in [0.717, 1.165) is 30.9 Å². The summed E-state index contributed by atoms with van der Waals surface area (Å²) in [5.41, 5.74) is 0.933. The van der Waals surface area contributed by atoms with E-state index in [9.17, 15) is 4.79 Å². The number of carbonyl (C=O) groups excluding carboxylic acids is 1. The Morgan fingerprint density at radius 2 is 2.05 bits per heavy atom. The van der Waals surface area contributed by atoms with Crippen LogP contribution in [0, 0.1) is 12.8 Å². The van der Waals surface area contributed by atoms with E-state index < -0.39 is 0 Å². The fourth-order valence-corrected chi connectivity index (χ4v) is 2.70. The van der Waals surface area contributed by atoms with Gasteiger partial charge in [-0.2, -0.15) is 5.10 Å². The molecular weight excluding hydrogens is 282 g/mol. The second-order valence-electron chi connectivity index (χ2n) is 5.46. The molecule has 2 aromatic heterocycles. The maximum Gasteiger partial charge on any atom is 0.310 e. The second-order valence-corrected chi connectivity index (χ2v) is 5.46. The molecule has 22 heavy (non-hydrogen) atoms. The third-order valence-corrected chi connectivity index (χ3v) is 3.87. The smallest absolute Gasteiger partial charge is 0.310 e. The molecule has 1 fully saturated rings. The molecule has 0 aromatic carbocycles. The van der Waals surface area contributed by atoms with Crippen LogP contribution in [0.2, 0.25) is 0 Å². The van der Waals surface area contributed by atoms with Crippen molar-refractivity contribution in [3.05, 3.63) is 30.1 Å². The number of rotatable bonds is 3. The third-order valence-electron chi connectivity index (χ3n) is 3.87. The molecule has 0 saturated carbocycles. The highest BCUT2D eigenvalue weighted by Crippen LogP contribution is 2.22. The summed E-state index contributed by atoms with van der Waals surface area (Å²) >= 11 is 0. The van der Waals surface area contributed by atoms with Crippen molar-refractivity contribution < 1.29 is 9.53 Å². The van der Waals surface area contributed by atoms with Gasteiger partial charge in [-0.15, -0.1) is 10.2 Å². The fraction of sp³-hybridized carbons (Fsp3) is 0.467. The zero-order valence-electron chi connectivity index (χ0n) is 12.8. The number of piperidine rings is 1. The molecule has 3 rings (SSSR count). The van der Waals surface area contributed by atoms with E-state index >= 15 is 0 Å². The van der Waals surface area contributed by atoms with Crippen molar-refractivity contribution in [1.82, 2.24) is 20.0 Å². The summed E-state index contributed by atoms with van der Waals surface area (Å²) in [4.78, 5) is 13.8. The molecule has 3 heterocycles. The van der Waals surface area contributed by atoms with Crippen LogP contribution in [0.15, 0.2) is 24.4 Å². The van der Waals surface area contributed by atoms with Gasteiger partial charge in [-0.05, 0) is 38.0 Å². The molecule has 0 N–H and O–H groups in total. The van der Waals surface area contributed by atoms with Gasteiger partial charge in [0.2, 0.25) is 0 Å². The molecule has 0 spiro atoms. The molecule has 1 aliphatic rings. The lowest BCUT2D eigenvalue weighted by atomic mass is 9.98. The van der Waals surface area contributed by atoms with Crippen LogP contribution >= 0.6 is 0 Å². The monoisotopic (exact) mass is 301 g/mol. The topological polar surface area (TPSA) is 73.1 Å². The predicted molar refractivity (Wildman–Crippen MR) is 80.8 cm³/mol. The minimum atomic E-state index is -0.152. The van der Waals surface area contributed by atoms with Gasteiger partial charge in [0.1, 0.15) is 0 Å². The Kier molecular flexibility index (Phi) is 4.04. The maximum absolute atomic E-state index is 11.7. The zero-order chi connectivity index (χ0) is 15.5. The summed E-state index contributed by atoms with van der Waals surface area (Å²) in [5.74, 6) is 1.22. The number of aromatic nitrogens is 4. The molecular formula is C15H19N5O2. The summed E-state index contributed by atoms with van der Waals surface area (Å²) in [6.45, 7) is 3.43. The van der Waals surface area contributed by atoms with Crippen LogP contribution in [0.25, 0.3) is 5.82 Å². The molecule has 0 unspecified atom stereocenters. The highest BCUT2D eigenvalue weighted by molar-refractivity contribution is 5.73. The van der Waals surface area contributed by atoms with Crippen molar-refractivity contribution in [2.75, 3.05) is 25.1 Å². The first-order valence-corrected chi connectivity index (χ1v) is 7.36. The highest BCUT2D eigenvalue weighted by Gasteiger charge is 2.27. The van der Waals surface area contributed by atoms with E-state index in [0.29, 0.717) is 12.4 Å². The van der Waals surface area contributed by atoms with E-state index in [1.807, 2.05) is 31.3 Å². The summed E-state index contributed by atoms with van der Waals surface area (Å²) in [6.07, 6.45) is 3.66. The number of hydrogen-bond acceptors (Lipinski definition) is 6. The molecule has 1 atom stereocenters. The first kappa shape index (κ1) is 14.5. The summed E-state index contributed by atoms with van der Waals surface area (Å²) in [6, 6.07) is 5.72. The fourth-order valence-electron chi connectivity index (χ4n) is 2.70. The van der Waals surface area contributed by atoms with Gasteiger partial charge in [0, 0.05) is 19.3 Å². The molecule has 0 radical (unpaired) electrons. The van der Waals surface area contributed by atoms with E-state index in [1.165, 1.54) is 7.11 Å². The van der Waals surface area contributed by atoms with Crippen LogP contribution in [0.5, 0.6) is 0 Å². The van der Waals surface area contributed by atoms with Crippen molar-refractivity contribution in [2.24, 2.45) is 5.92 Å². The van der Waals surface area contributed by atoms with Crippen molar-refractivity contribution in [1.29, 1.82) is 0 Å². The first-order chi connectivity index (χ1) is 10.7. The average molecular weight is 301 g/mol. The molecule has 1 saturated heterocycles.